The summed E-state index contributed by atoms with van der Waals surface area (Å²) in [5, 5.41) is 61.2. The number of tetrazole rings is 2. The zero-order chi connectivity index (χ0) is 115. The summed E-state index contributed by atoms with van der Waals surface area (Å²) in [7, 11) is 0. The van der Waals surface area contributed by atoms with Gasteiger partial charge in [0, 0.05) is 43.4 Å². The Kier molecular flexibility index (Phi) is 88.8. The third kappa shape index (κ3) is 221. The lowest BCUT2D eigenvalue weighted by molar-refractivity contribution is 0.469. The number of hydrogen-bond acceptors (Lipinski definition) is 25. The van der Waals surface area contributed by atoms with Gasteiger partial charge in [-0.05, 0) is 113 Å². The number of nitrogens with one attached hydrogen (secondary N) is 13. The van der Waals surface area contributed by atoms with E-state index in [0.29, 0.717) is 81.7 Å². The van der Waals surface area contributed by atoms with Gasteiger partial charge in [0.05, 0.1) is 85.4 Å². The van der Waals surface area contributed by atoms with Crippen LogP contribution in [0.4, 0.5) is 0 Å². The van der Waals surface area contributed by atoms with Gasteiger partial charge < -0.3 is 29.9 Å². The maximum Gasteiger partial charge on any atom is 0.180 e. The maximum atomic E-state index is 4.06. The van der Waals surface area contributed by atoms with Gasteiger partial charge in [0.2, 0.25) is 0 Å². The highest BCUT2D eigenvalue weighted by Gasteiger charge is 2.03. The van der Waals surface area contributed by atoms with E-state index in [2.05, 4.69) is 552 Å². The third-order valence-corrected chi connectivity index (χ3v) is 7.89. The summed E-state index contributed by atoms with van der Waals surface area (Å²) >= 11 is 0. The first kappa shape index (κ1) is 151. The number of para-hydroxylation sites is 2. The Bertz CT molecular complexity index is 3870. The molecule has 38 nitrogen and oxygen atoms in total. The minimum Gasteiger partial charge on any atom is -0.368 e. The average Bonchev–Trinajstić information content (AvgIpc) is 1.76. The zero-order valence-corrected chi connectivity index (χ0v) is 100. The topological polar surface area (TPSA) is 528 Å². The van der Waals surface area contributed by atoms with Crippen LogP contribution in [0.1, 0.15) is 360 Å². The molecular formula is C108H204N38. The summed E-state index contributed by atoms with van der Waals surface area (Å²) in [6.07, 6.45) is 41.8. The van der Waals surface area contributed by atoms with Crippen molar-refractivity contribution in [2.75, 3.05) is 0 Å². The van der Waals surface area contributed by atoms with Crippen molar-refractivity contribution in [1.29, 1.82) is 0 Å². The van der Waals surface area contributed by atoms with Gasteiger partial charge in [-0.1, -0.05) is 383 Å². The van der Waals surface area contributed by atoms with Crippen molar-refractivity contribution in [1.82, 2.24) is 192 Å². The van der Waals surface area contributed by atoms with E-state index in [9.17, 15) is 0 Å². The van der Waals surface area contributed by atoms with Gasteiger partial charge in [0.1, 0.15) is 49.0 Å². The van der Waals surface area contributed by atoms with Crippen LogP contribution in [0, 0.1) is 70.4 Å². The van der Waals surface area contributed by atoms with Crippen molar-refractivity contribution in [2.45, 2.75) is 360 Å². The van der Waals surface area contributed by atoms with Gasteiger partial charge in [-0.2, -0.15) is 56.5 Å². The first-order valence-corrected chi connectivity index (χ1v) is 48.6. The molecule has 0 radical (unpaired) electrons. The first-order valence-electron chi connectivity index (χ1n) is 48.6. The molecule has 1 aromatic carbocycles. The monoisotopic (exact) mass is 2030 g/mol. The number of fused-ring (bicyclic) bond motifs is 4. The van der Waals surface area contributed by atoms with Crippen LogP contribution in [0.15, 0.2) is 217 Å². The fourth-order valence-corrected chi connectivity index (χ4v) is 4.67. The highest BCUT2D eigenvalue weighted by Crippen LogP contribution is 2.15. The fraction of sp³-hybridized carbons (Fsp3) is 0.602. The Labute approximate surface area is 880 Å². The van der Waals surface area contributed by atoms with Crippen LogP contribution in [-0.2, 0) is 0 Å². The van der Waals surface area contributed by atoms with E-state index in [1.165, 1.54) is 50.6 Å². The number of hydrogen-bond donors (Lipinski definition) is 13. The van der Waals surface area contributed by atoms with E-state index in [-0.39, 0.29) is 0 Å². The van der Waals surface area contributed by atoms with Crippen molar-refractivity contribution in [2.24, 2.45) is 70.4 Å². The molecule has 0 fully saturated rings. The predicted molar refractivity (Wildman–Crippen MR) is 612 cm³/mol. The van der Waals surface area contributed by atoms with Crippen molar-refractivity contribution >= 4 is 44.5 Å². The summed E-state index contributed by atoms with van der Waals surface area (Å²) in [6, 6.07) is 17.5. The Hall–Kier alpha value is -13.2. The minimum atomic E-state index is 0.500. The second-order valence-electron chi connectivity index (χ2n) is 52.2. The van der Waals surface area contributed by atoms with Crippen LogP contribution in [0.2, 0.25) is 0 Å². The van der Waals surface area contributed by atoms with Crippen molar-refractivity contribution in [3.63, 3.8) is 0 Å². The lowest BCUT2D eigenvalue weighted by Crippen LogP contribution is -1.93. The zero-order valence-electron chi connectivity index (χ0n) is 100. The van der Waals surface area contributed by atoms with Crippen LogP contribution < -0.4 is 0 Å². The number of imidazole rings is 5. The molecule has 0 atom stereocenters. The number of aromatic nitrogens is 38. The van der Waals surface area contributed by atoms with E-state index >= 15 is 0 Å². The molecule has 0 aliphatic rings. The van der Waals surface area contributed by atoms with E-state index in [4.69, 9.17) is 0 Å². The van der Waals surface area contributed by atoms with Gasteiger partial charge >= 0.3 is 0 Å². The Morgan fingerprint density at radius 3 is 0.685 bits per heavy atom. The van der Waals surface area contributed by atoms with E-state index < -0.39 is 0 Å². The number of pyridine rings is 1. The largest absolute Gasteiger partial charge is 0.368 e. The molecule has 13 N–H and O–H groups in total. The Balaban J connectivity index is -0.000000192. The third-order valence-electron chi connectivity index (χ3n) is 7.89. The van der Waals surface area contributed by atoms with Crippen LogP contribution in [0.25, 0.3) is 44.5 Å². The minimum absolute atomic E-state index is 0.500. The van der Waals surface area contributed by atoms with Gasteiger partial charge in [-0.25, -0.2) is 59.8 Å². The van der Waals surface area contributed by atoms with Gasteiger partial charge in [-0.3, -0.25) is 15.3 Å². The molecule has 0 saturated carbocycles. The first-order chi connectivity index (χ1) is 66.4. The molecule has 0 aliphatic heterocycles. The predicted octanol–water partition coefficient (Wildman–Crippen LogP) is 29.4. The molecule has 0 unspecified atom stereocenters. The van der Waals surface area contributed by atoms with Crippen molar-refractivity contribution in [3.8, 4) is 0 Å². The Morgan fingerprint density at radius 1 is 0.185 bits per heavy atom. The van der Waals surface area contributed by atoms with Crippen LogP contribution >= 0.6 is 0 Å². The molecule has 0 bridgehead atoms. The maximum absolute atomic E-state index is 4.06. The number of rotatable bonds is 0. The lowest BCUT2D eigenvalue weighted by atomic mass is 10.0. The van der Waals surface area contributed by atoms with Gasteiger partial charge in [-0.15, -0.1) is 20.4 Å². The molecule has 16 aromatic heterocycles. The van der Waals surface area contributed by atoms with Crippen LogP contribution in [-0.4, -0.2) is 192 Å². The normalized spacial score (nSPS) is 10.3. The molecule has 146 heavy (non-hydrogen) atoms. The fourth-order valence-electron chi connectivity index (χ4n) is 4.67. The molecule has 38 heteroatoms. The van der Waals surface area contributed by atoms with Crippen LogP contribution in [0.5, 0.6) is 0 Å². The van der Waals surface area contributed by atoms with E-state index in [1.54, 1.807) is 99.8 Å². The second kappa shape index (κ2) is 86.1. The summed E-state index contributed by atoms with van der Waals surface area (Å²) in [6.45, 7) is 114. The number of benzene rings is 1. The van der Waals surface area contributed by atoms with Gasteiger partial charge in [0.15, 0.2) is 29.6 Å². The summed E-state index contributed by atoms with van der Waals surface area (Å²) in [5.41, 5.74) is 13.6. The molecule has 16 heterocycles. The molecule has 17 aromatic rings. The molecule has 0 amide bonds. The summed E-state index contributed by atoms with van der Waals surface area (Å²) < 4.78 is 0. The van der Waals surface area contributed by atoms with Crippen molar-refractivity contribution in [3.05, 3.63) is 217 Å². The molecule has 0 saturated heterocycles. The quantitative estimate of drug-likeness (QED) is 0.0670. The molecule has 17 rings (SSSR count). The molecule has 0 spiro atoms. The number of aromatic amines is 13. The number of H-pyrrole nitrogens is 13. The Morgan fingerprint density at radius 2 is 0.493 bits per heavy atom. The highest BCUT2D eigenvalue weighted by atomic mass is 15.5. The highest BCUT2D eigenvalue weighted by molar-refractivity contribution is 5.74. The smallest absolute Gasteiger partial charge is 0.180 e. The van der Waals surface area contributed by atoms with E-state index in [0.717, 1.165) is 33.2 Å². The summed E-state index contributed by atoms with van der Waals surface area (Å²) in [4.78, 5) is 63.3. The van der Waals surface area contributed by atoms with Crippen LogP contribution in [0.3, 0.4) is 0 Å². The lowest BCUT2D eigenvalue weighted by Gasteiger charge is -2.05. The SMILES string of the molecule is CC(C)(C)C.CC(C)(C)C.CC(C)(C)C.CC(C)(C)C.CC(C)(C)C.CC(C)(C)C.CC(C)(C)C.CC(C)(C)C.CC(C)(C)C.CC(C)(C)C.CC(C)(C)C.CC(C)(C)C.CC(C)(C)C.c1c[nH]cn1.c1cc[nH]c1.c1ccc2[nH]cnc2c1.c1cn[nH]c1.c1cn[nH]n1.c1cn[nH]n1.c1cnc2nc[nH]c2c1.c1nc[nH]n1.c1nc[nH]n1.c1ncc2[nH]cnc2n1.c1ncc2[nH]cnc2n1.c1nn[nH]n1.c1nn[nH]n1. The average molecular weight is 2040 g/mol. The number of nitrogens with zero attached hydrogens (tertiary/aromatic N) is 25. The van der Waals surface area contributed by atoms with Crippen molar-refractivity contribution < 1.29 is 0 Å². The van der Waals surface area contributed by atoms with Gasteiger partial charge in [0.25, 0.3) is 0 Å². The molecule has 0 aliphatic carbocycles. The summed E-state index contributed by atoms with van der Waals surface area (Å²) in [5.74, 6) is 0. The second-order valence-corrected chi connectivity index (χ2v) is 52.2. The molecular weight excluding hydrogens is 1830 g/mol. The van der Waals surface area contributed by atoms with E-state index in [1.807, 2.05) is 67.0 Å². The standard InChI is InChI=1S/C7H6N2.C6H5N3.2C5H4N4.13C5H12.C4H5N.2C3H4N2.4C2H3N3.2CH2N4/c1-2-4-7-6(3-1)8-5-9-7;1-2-5-6(7-3-1)9-4-8-5;2*1-4-5(8-2-6-1)9-3-7-4;13*1-5(2,3)4;1-2-4-5-3-1;1-2-5-3-4-1;1-2-4-5-3-1;2*1-3-2-5-4-1;4*1-2-4-5-3-1/h1-5H,(H,8,9);1-4H,(H,7,8,9);2*1-3H,(H,6,7,8,9);13*1-4H3;1-5H;2*1-3H,(H,4,5);4*1-2H,(H,3,4,5);2*1H,(H,2,3,4,5). The molecule has 826 valence electrons.